The number of hydrogen-bond acceptors (Lipinski definition) is 3. The van der Waals surface area contributed by atoms with E-state index >= 15 is 0 Å². The zero-order chi connectivity index (χ0) is 17.5. The van der Waals surface area contributed by atoms with Crippen LogP contribution in [-0.2, 0) is 13.1 Å². The molecule has 0 fully saturated rings. The van der Waals surface area contributed by atoms with Crippen LogP contribution in [0.3, 0.4) is 0 Å². The van der Waals surface area contributed by atoms with Gasteiger partial charge in [0.1, 0.15) is 0 Å². The van der Waals surface area contributed by atoms with Crippen molar-refractivity contribution in [1.29, 1.82) is 0 Å². The van der Waals surface area contributed by atoms with Crippen molar-refractivity contribution in [3.63, 3.8) is 0 Å². The fourth-order valence-corrected chi connectivity index (χ4v) is 2.57. The van der Waals surface area contributed by atoms with Gasteiger partial charge in [0.15, 0.2) is 0 Å². The van der Waals surface area contributed by atoms with Crippen LogP contribution < -0.4 is 10.6 Å². The monoisotopic (exact) mass is 331 g/mol. The number of hydrogen-bond donors (Lipinski definition) is 2. The van der Waals surface area contributed by atoms with Gasteiger partial charge in [0, 0.05) is 25.5 Å². The van der Waals surface area contributed by atoms with Gasteiger partial charge in [0.25, 0.3) is 5.91 Å². The fraction of sp³-hybridized carbons (Fsp3) is 0.143. The molecule has 3 aromatic rings. The van der Waals surface area contributed by atoms with E-state index < -0.39 is 0 Å². The highest BCUT2D eigenvalue weighted by atomic mass is 16.1. The van der Waals surface area contributed by atoms with Crippen molar-refractivity contribution in [3.8, 4) is 0 Å². The maximum Gasteiger partial charge on any atom is 0.253 e. The number of pyridine rings is 1. The Labute approximate surface area is 147 Å². The number of benzene rings is 2. The molecule has 2 aromatic carbocycles. The van der Waals surface area contributed by atoms with Gasteiger partial charge < -0.3 is 10.6 Å². The van der Waals surface area contributed by atoms with E-state index in [1.54, 1.807) is 12.4 Å². The molecule has 0 unspecified atom stereocenters. The molecule has 0 aliphatic carbocycles. The second-order valence-electron chi connectivity index (χ2n) is 5.97. The summed E-state index contributed by atoms with van der Waals surface area (Å²) in [6.07, 6.45) is 3.31. The lowest BCUT2D eigenvalue weighted by Gasteiger charge is -2.09. The van der Waals surface area contributed by atoms with Crippen molar-refractivity contribution in [1.82, 2.24) is 10.3 Å². The topological polar surface area (TPSA) is 54.0 Å². The first kappa shape index (κ1) is 16.7. The number of carbonyl (C=O) groups excluding carboxylic acids is 1. The first-order valence-corrected chi connectivity index (χ1v) is 8.27. The third-order valence-corrected chi connectivity index (χ3v) is 3.88. The normalized spacial score (nSPS) is 10.3. The van der Waals surface area contributed by atoms with Crippen molar-refractivity contribution < 1.29 is 4.79 Å². The third-order valence-electron chi connectivity index (χ3n) is 3.88. The minimum atomic E-state index is -0.127. The minimum Gasteiger partial charge on any atom is -0.380 e. The number of amides is 1. The average Bonchev–Trinajstić information content (AvgIpc) is 2.65. The Morgan fingerprint density at radius 1 is 0.920 bits per heavy atom. The van der Waals surface area contributed by atoms with Crippen LogP contribution in [0.5, 0.6) is 0 Å². The van der Waals surface area contributed by atoms with Crippen molar-refractivity contribution in [2.24, 2.45) is 0 Å². The molecule has 0 aliphatic rings. The molecule has 2 N–H and O–H groups in total. The van der Waals surface area contributed by atoms with Crippen LogP contribution in [0, 0.1) is 6.92 Å². The van der Waals surface area contributed by atoms with Gasteiger partial charge in [-0.3, -0.25) is 9.78 Å². The van der Waals surface area contributed by atoms with Gasteiger partial charge in [-0.05, 0) is 24.1 Å². The first-order valence-electron chi connectivity index (χ1n) is 8.27. The quantitative estimate of drug-likeness (QED) is 0.719. The van der Waals surface area contributed by atoms with Gasteiger partial charge in [-0.2, -0.15) is 0 Å². The van der Waals surface area contributed by atoms with Gasteiger partial charge in [-0.15, -0.1) is 0 Å². The molecule has 0 atom stereocenters. The lowest BCUT2D eigenvalue weighted by atomic mass is 10.1. The predicted molar refractivity (Wildman–Crippen MR) is 100 cm³/mol. The SMILES string of the molecule is Cc1cccc(CNC(=O)c2cncc(NCc3ccccc3)c2)c1. The fourth-order valence-electron chi connectivity index (χ4n) is 2.57. The molecule has 0 bridgehead atoms. The highest BCUT2D eigenvalue weighted by molar-refractivity contribution is 5.94. The molecular weight excluding hydrogens is 310 g/mol. The van der Waals surface area contributed by atoms with E-state index in [2.05, 4.69) is 33.8 Å². The Hall–Kier alpha value is -3.14. The third kappa shape index (κ3) is 4.91. The first-order chi connectivity index (χ1) is 12.2. The van der Waals surface area contributed by atoms with Crippen molar-refractivity contribution in [2.75, 3.05) is 5.32 Å². The molecule has 1 aromatic heterocycles. The van der Waals surface area contributed by atoms with Crippen LogP contribution in [0.1, 0.15) is 27.0 Å². The summed E-state index contributed by atoms with van der Waals surface area (Å²) in [7, 11) is 0. The lowest BCUT2D eigenvalue weighted by molar-refractivity contribution is 0.0950. The van der Waals surface area contributed by atoms with Gasteiger partial charge in [0.2, 0.25) is 0 Å². The number of anilines is 1. The maximum absolute atomic E-state index is 12.4. The van der Waals surface area contributed by atoms with Gasteiger partial charge in [-0.1, -0.05) is 60.2 Å². The van der Waals surface area contributed by atoms with Crippen LogP contribution >= 0.6 is 0 Å². The van der Waals surface area contributed by atoms with Gasteiger partial charge >= 0.3 is 0 Å². The van der Waals surface area contributed by atoms with Crippen molar-refractivity contribution in [2.45, 2.75) is 20.0 Å². The van der Waals surface area contributed by atoms with Crippen LogP contribution in [-0.4, -0.2) is 10.9 Å². The van der Waals surface area contributed by atoms with Crippen molar-refractivity contribution in [3.05, 3.63) is 95.3 Å². The molecule has 0 saturated carbocycles. The van der Waals surface area contributed by atoms with Crippen molar-refractivity contribution >= 4 is 11.6 Å². The summed E-state index contributed by atoms with van der Waals surface area (Å²) in [5.41, 5.74) is 4.81. The van der Waals surface area contributed by atoms with Gasteiger partial charge in [-0.25, -0.2) is 0 Å². The standard InChI is InChI=1S/C21H21N3O/c1-16-6-5-9-18(10-16)13-24-21(25)19-11-20(15-22-14-19)23-12-17-7-3-2-4-8-17/h2-11,14-15,23H,12-13H2,1H3,(H,24,25). The molecule has 3 rings (SSSR count). The molecule has 0 saturated heterocycles. The highest BCUT2D eigenvalue weighted by Gasteiger charge is 2.07. The van der Waals surface area contributed by atoms with E-state index in [1.165, 1.54) is 11.1 Å². The van der Waals surface area contributed by atoms with E-state index in [1.807, 2.05) is 49.4 Å². The summed E-state index contributed by atoms with van der Waals surface area (Å²) in [6, 6.07) is 20.0. The molecule has 0 aliphatic heterocycles. The van der Waals surface area contributed by atoms with E-state index in [9.17, 15) is 4.79 Å². The minimum absolute atomic E-state index is 0.127. The van der Waals surface area contributed by atoms with E-state index in [-0.39, 0.29) is 5.91 Å². The molecule has 4 nitrogen and oxygen atoms in total. The Morgan fingerprint density at radius 3 is 2.52 bits per heavy atom. The van der Waals surface area contributed by atoms with Crippen LogP contribution in [0.15, 0.2) is 73.1 Å². The molecule has 0 radical (unpaired) electrons. The smallest absolute Gasteiger partial charge is 0.253 e. The second kappa shape index (κ2) is 8.11. The zero-order valence-electron chi connectivity index (χ0n) is 14.2. The average molecular weight is 331 g/mol. The molecule has 1 amide bonds. The highest BCUT2D eigenvalue weighted by Crippen LogP contribution is 2.11. The summed E-state index contributed by atoms with van der Waals surface area (Å²) >= 11 is 0. The Morgan fingerprint density at radius 2 is 1.72 bits per heavy atom. The summed E-state index contributed by atoms with van der Waals surface area (Å²) in [5, 5.41) is 6.23. The summed E-state index contributed by atoms with van der Waals surface area (Å²) in [5.74, 6) is -0.127. The van der Waals surface area contributed by atoms with Crippen LogP contribution in [0.25, 0.3) is 0 Å². The maximum atomic E-state index is 12.4. The molecule has 0 spiro atoms. The molecular formula is C21H21N3O. The molecule has 25 heavy (non-hydrogen) atoms. The molecule has 1 heterocycles. The number of rotatable bonds is 6. The number of nitrogens with zero attached hydrogens (tertiary/aromatic N) is 1. The van der Waals surface area contributed by atoms with E-state index in [4.69, 9.17) is 0 Å². The largest absolute Gasteiger partial charge is 0.380 e. The van der Waals surface area contributed by atoms with E-state index in [0.29, 0.717) is 18.7 Å². The Balaban J connectivity index is 1.59. The summed E-state index contributed by atoms with van der Waals surface area (Å²) < 4.78 is 0. The second-order valence-corrected chi connectivity index (χ2v) is 5.97. The van der Waals surface area contributed by atoms with E-state index in [0.717, 1.165) is 11.3 Å². The van der Waals surface area contributed by atoms with Crippen LogP contribution in [0.4, 0.5) is 5.69 Å². The summed E-state index contributed by atoms with van der Waals surface area (Å²) in [6.45, 7) is 3.23. The number of carbonyl (C=O) groups is 1. The zero-order valence-corrected chi connectivity index (χ0v) is 14.2. The van der Waals surface area contributed by atoms with Crippen LogP contribution in [0.2, 0.25) is 0 Å². The lowest BCUT2D eigenvalue weighted by Crippen LogP contribution is -2.23. The number of nitrogens with one attached hydrogen (secondary N) is 2. The number of aryl methyl sites for hydroxylation is 1. The Kier molecular flexibility index (Phi) is 5.42. The summed E-state index contributed by atoms with van der Waals surface area (Å²) in [4.78, 5) is 16.5. The molecule has 4 heteroatoms. The number of aromatic nitrogens is 1. The Bertz CT molecular complexity index is 847. The van der Waals surface area contributed by atoms with Gasteiger partial charge in [0.05, 0.1) is 11.3 Å². The molecule has 126 valence electrons. The predicted octanol–water partition coefficient (Wildman–Crippen LogP) is 3.93.